The molecule has 0 atom stereocenters. The highest BCUT2D eigenvalue weighted by atomic mass is 16.3. The zero-order valence-electron chi connectivity index (χ0n) is 15.0. The summed E-state index contributed by atoms with van der Waals surface area (Å²) < 4.78 is 6.04. The van der Waals surface area contributed by atoms with E-state index in [0.717, 1.165) is 44.4 Å². The van der Waals surface area contributed by atoms with Crippen LogP contribution in [-0.2, 0) is 6.54 Å². The molecule has 0 bridgehead atoms. The zero-order chi connectivity index (χ0) is 18.9. The van der Waals surface area contributed by atoms with Gasteiger partial charge in [-0.1, -0.05) is 24.3 Å². The lowest BCUT2D eigenvalue weighted by Crippen LogP contribution is -2.01. The maximum atomic E-state index is 6.04. The zero-order valence-corrected chi connectivity index (χ0v) is 15.0. The van der Waals surface area contributed by atoms with Crippen molar-refractivity contribution in [1.29, 1.82) is 0 Å². The number of nitrogens with one attached hydrogen (secondary N) is 1. The Hall–Kier alpha value is -3.93. The summed E-state index contributed by atoms with van der Waals surface area (Å²) in [7, 11) is 0. The molecular weight excluding hydrogens is 350 g/mol. The summed E-state index contributed by atoms with van der Waals surface area (Å²) in [6.45, 7) is 0.654. The van der Waals surface area contributed by atoms with E-state index in [4.69, 9.17) is 10.2 Å². The Kier molecular flexibility index (Phi) is 3.87. The van der Waals surface area contributed by atoms with Gasteiger partial charge < -0.3 is 15.5 Å². The van der Waals surface area contributed by atoms with Gasteiger partial charge in [-0.2, -0.15) is 10.2 Å². The highest BCUT2D eigenvalue weighted by Gasteiger charge is 2.11. The number of benzene rings is 2. The Morgan fingerprint density at radius 3 is 2.82 bits per heavy atom. The van der Waals surface area contributed by atoms with Crippen molar-refractivity contribution in [2.75, 3.05) is 11.1 Å². The molecule has 0 unspecified atom stereocenters. The summed E-state index contributed by atoms with van der Waals surface area (Å²) >= 11 is 0. The van der Waals surface area contributed by atoms with Crippen LogP contribution in [0.25, 0.3) is 33.2 Å². The van der Waals surface area contributed by atoms with Crippen LogP contribution in [0.1, 0.15) is 5.56 Å². The molecule has 0 radical (unpaired) electrons. The molecule has 0 amide bonds. The molecule has 0 aliphatic rings. The average Bonchev–Trinajstić information content (AvgIpc) is 3.16. The van der Waals surface area contributed by atoms with Crippen molar-refractivity contribution in [3.8, 4) is 11.3 Å². The smallest absolute Gasteiger partial charge is 0.137 e. The number of rotatable bonds is 4. The second-order valence-corrected chi connectivity index (χ2v) is 6.58. The number of nitrogen functional groups attached to an aromatic ring is 1. The first-order valence-electron chi connectivity index (χ1n) is 8.95. The Morgan fingerprint density at radius 1 is 1.00 bits per heavy atom. The predicted molar refractivity (Wildman–Crippen MR) is 111 cm³/mol. The molecule has 5 rings (SSSR count). The van der Waals surface area contributed by atoms with Crippen molar-refractivity contribution in [2.24, 2.45) is 0 Å². The highest BCUT2D eigenvalue weighted by Crippen LogP contribution is 2.32. The average molecular weight is 367 g/mol. The van der Waals surface area contributed by atoms with Crippen molar-refractivity contribution < 1.29 is 4.42 Å². The summed E-state index contributed by atoms with van der Waals surface area (Å²) in [6, 6.07) is 19.8. The third-order valence-electron chi connectivity index (χ3n) is 4.67. The molecule has 6 nitrogen and oxygen atoms in total. The molecule has 5 aromatic rings. The van der Waals surface area contributed by atoms with Gasteiger partial charge in [-0.15, -0.1) is 0 Å². The van der Waals surface area contributed by atoms with Crippen LogP contribution in [0.3, 0.4) is 0 Å². The summed E-state index contributed by atoms with van der Waals surface area (Å²) in [6.07, 6.45) is 3.44. The number of nitrogens with two attached hydrogens (primary N) is 1. The van der Waals surface area contributed by atoms with E-state index in [-0.39, 0.29) is 0 Å². The summed E-state index contributed by atoms with van der Waals surface area (Å²) in [5, 5.41) is 13.8. The fourth-order valence-electron chi connectivity index (χ4n) is 3.29. The molecule has 2 aromatic carbocycles. The lowest BCUT2D eigenvalue weighted by Gasteiger charge is -2.09. The van der Waals surface area contributed by atoms with Gasteiger partial charge in [0.05, 0.1) is 11.7 Å². The number of hydrogen-bond acceptors (Lipinski definition) is 6. The fourth-order valence-corrected chi connectivity index (χ4v) is 3.29. The predicted octanol–water partition coefficient (Wildman–Crippen LogP) is 4.63. The lowest BCUT2D eigenvalue weighted by molar-refractivity contribution is 0.631. The van der Waals surface area contributed by atoms with Gasteiger partial charge in [0, 0.05) is 40.8 Å². The summed E-state index contributed by atoms with van der Waals surface area (Å²) in [5.41, 5.74) is 10.4. The van der Waals surface area contributed by atoms with Crippen LogP contribution < -0.4 is 11.1 Å². The number of pyridine rings is 1. The number of nitrogens with zero attached hydrogens (tertiary/aromatic N) is 3. The molecule has 3 aromatic heterocycles. The van der Waals surface area contributed by atoms with Crippen molar-refractivity contribution in [3.05, 3.63) is 78.6 Å². The summed E-state index contributed by atoms with van der Waals surface area (Å²) in [5.74, 6) is 1.28. The Bertz CT molecular complexity index is 1260. The van der Waals surface area contributed by atoms with Gasteiger partial charge in [-0.3, -0.25) is 0 Å². The van der Waals surface area contributed by atoms with Gasteiger partial charge in [0.25, 0.3) is 0 Å². The van der Waals surface area contributed by atoms with Crippen LogP contribution in [0.5, 0.6) is 0 Å². The van der Waals surface area contributed by atoms with Crippen molar-refractivity contribution in [2.45, 2.75) is 6.54 Å². The molecule has 0 aliphatic carbocycles. The van der Waals surface area contributed by atoms with Crippen LogP contribution in [0.2, 0.25) is 0 Å². The Morgan fingerprint density at radius 2 is 1.93 bits per heavy atom. The van der Waals surface area contributed by atoms with E-state index in [0.29, 0.717) is 12.4 Å². The van der Waals surface area contributed by atoms with Gasteiger partial charge in [0.1, 0.15) is 17.2 Å². The molecule has 0 fully saturated rings. The van der Waals surface area contributed by atoms with E-state index in [9.17, 15) is 0 Å². The first-order chi connectivity index (χ1) is 13.8. The molecule has 0 saturated carbocycles. The molecule has 0 saturated heterocycles. The maximum Gasteiger partial charge on any atom is 0.137 e. The lowest BCUT2D eigenvalue weighted by atomic mass is 10.1. The Labute approximate surface area is 161 Å². The third kappa shape index (κ3) is 3.01. The molecule has 0 spiro atoms. The molecule has 0 aliphatic heterocycles. The van der Waals surface area contributed by atoms with Crippen LogP contribution in [0, 0.1) is 0 Å². The molecule has 3 N–H and O–H groups in total. The number of hydrogen-bond donors (Lipinski definition) is 2. The van der Waals surface area contributed by atoms with Crippen molar-refractivity contribution >= 4 is 33.4 Å². The second-order valence-electron chi connectivity index (χ2n) is 6.58. The number of aromatic nitrogens is 3. The van der Waals surface area contributed by atoms with Crippen LogP contribution in [0.4, 0.5) is 11.5 Å². The van der Waals surface area contributed by atoms with Crippen LogP contribution >= 0.6 is 0 Å². The van der Waals surface area contributed by atoms with Gasteiger partial charge in [-0.25, -0.2) is 4.98 Å². The third-order valence-corrected chi connectivity index (χ3v) is 4.67. The number of fused-ring (bicyclic) bond motifs is 2. The van der Waals surface area contributed by atoms with E-state index < -0.39 is 0 Å². The monoisotopic (exact) mass is 367 g/mol. The van der Waals surface area contributed by atoms with Crippen molar-refractivity contribution in [3.63, 3.8) is 0 Å². The number of para-hydroxylation sites is 1. The van der Waals surface area contributed by atoms with E-state index in [1.807, 2.05) is 54.6 Å². The number of anilines is 2. The highest BCUT2D eigenvalue weighted by molar-refractivity contribution is 5.95. The molecule has 136 valence electrons. The minimum Gasteiger partial charge on any atom is -0.456 e. The normalized spacial score (nSPS) is 11.1. The molecule has 3 heterocycles. The summed E-state index contributed by atoms with van der Waals surface area (Å²) in [4.78, 5) is 4.01. The Balaban J connectivity index is 1.52. The first-order valence-corrected chi connectivity index (χ1v) is 8.95. The fraction of sp³-hybridized carbons (Fsp3) is 0.0455. The molecule has 6 heteroatoms. The largest absolute Gasteiger partial charge is 0.456 e. The van der Waals surface area contributed by atoms with Crippen molar-refractivity contribution in [1.82, 2.24) is 15.2 Å². The maximum absolute atomic E-state index is 6.04. The topological polar surface area (TPSA) is 89.9 Å². The van der Waals surface area contributed by atoms with E-state index >= 15 is 0 Å². The van der Waals surface area contributed by atoms with Gasteiger partial charge in [0.15, 0.2) is 0 Å². The number of furan rings is 1. The SMILES string of the molecule is Nc1cc(NCc2ccc3nncc(-c4cc5ccccc5o4)c3c2)ccn1. The van der Waals surface area contributed by atoms with E-state index in [1.54, 1.807) is 12.4 Å². The quantitative estimate of drug-likeness (QED) is 0.481. The van der Waals surface area contributed by atoms with Gasteiger partial charge in [-0.05, 0) is 35.9 Å². The molecule has 28 heavy (non-hydrogen) atoms. The standard InChI is InChI=1S/C22H17N5O/c23-22-11-16(7-8-24-22)25-12-14-5-6-19-17(9-14)18(13-26-27-19)21-10-15-3-1-2-4-20(15)28-21/h1-11,13H,12H2,(H3,23,24,25). The van der Waals surface area contributed by atoms with E-state index in [2.05, 4.69) is 26.6 Å². The molecular formula is C22H17N5O. The van der Waals surface area contributed by atoms with Gasteiger partial charge >= 0.3 is 0 Å². The van der Waals surface area contributed by atoms with E-state index in [1.165, 1.54) is 0 Å². The first kappa shape index (κ1) is 16.3. The van der Waals surface area contributed by atoms with Crippen LogP contribution in [-0.4, -0.2) is 15.2 Å². The van der Waals surface area contributed by atoms with Gasteiger partial charge in [0.2, 0.25) is 0 Å². The van der Waals surface area contributed by atoms with Crippen LogP contribution in [0.15, 0.2) is 77.5 Å². The minimum atomic E-state index is 0.492. The second kappa shape index (κ2) is 6.66. The minimum absolute atomic E-state index is 0.492.